The molecule has 2 aromatic rings. The highest BCUT2D eigenvalue weighted by atomic mass is 35.5. The molecule has 1 aliphatic rings. The molecule has 2 aromatic carbocycles. The maximum atomic E-state index is 13.2. The minimum atomic E-state index is -0.864. The Balaban J connectivity index is 1.62. The van der Waals surface area contributed by atoms with Crippen molar-refractivity contribution in [2.75, 3.05) is 26.2 Å². The number of amides is 1. The van der Waals surface area contributed by atoms with Gasteiger partial charge in [0, 0.05) is 37.2 Å². The lowest BCUT2D eigenvalue weighted by Crippen LogP contribution is -2.56. The Morgan fingerprint density at radius 2 is 1.83 bits per heavy atom. The van der Waals surface area contributed by atoms with E-state index in [-0.39, 0.29) is 24.4 Å². The molecule has 30 heavy (non-hydrogen) atoms. The number of hydrogen-bond donors (Lipinski definition) is 1. The van der Waals surface area contributed by atoms with Gasteiger partial charge < -0.3 is 14.7 Å². The van der Waals surface area contributed by atoms with Gasteiger partial charge in [0.1, 0.15) is 11.6 Å². The van der Waals surface area contributed by atoms with Gasteiger partial charge in [0.25, 0.3) is 5.91 Å². The molecule has 0 saturated carbocycles. The van der Waals surface area contributed by atoms with Gasteiger partial charge in [0.15, 0.2) is 6.61 Å². The first-order valence-corrected chi connectivity index (χ1v) is 10.4. The lowest BCUT2D eigenvalue weighted by atomic mass is 9.95. The molecular weight excluding hydrogens is 407 g/mol. The third-order valence-corrected chi connectivity index (χ3v) is 5.42. The maximum Gasteiger partial charge on any atom is 0.260 e. The molecule has 7 heteroatoms. The van der Waals surface area contributed by atoms with Gasteiger partial charge in [0.05, 0.1) is 5.60 Å². The van der Waals surface area contributed by atoms with Crippen LogP contribution in [0, 0.1) is 5.82 Å². The summed E-state index contributed by atoms with van der Waals surface area (Å²) in [6, 6.07) is 13.3. The first-order valence-electron chi connectivity index (χ1n) is 10.1. The van der Waals surface area contributed by atoms with Crippen LogP contribution in [0.15, 0.2) is 48.5 Å². The number of carbonyl (C=O) groups is 1. The summed E-state index contributed by atoms with van der Waals surface area (Å²) in [5.74, 6) is 0.241. The highest BCUT2D eigenvalue weighted by molar-refractivity contribution is 6.30. The van der Waals surface area contributed by atoms with E-state index in [1.54, 1.807) is 55.1 Å². The van der Waals surface area contributed by atoms with Crippen molar-refractivity contribution in [2.24, 2.45) is 0 Å². The predicted octanol–water partition coefficient (Wildman–Crippen LogP) is 3.73. The molecule has 1 amide bonds. The second-order valence-electron chi connectivity index (χ2n) is 8.35. The number of halogens is 2. The topological polar surface area (TPSA) is 53.0 Å². The van der Waals surface area contributed by atoms with Gasteiger partial charge in [-0.2, -0.15) is 0 Å². The Hall–Kier alpha value is -2.15. The second kappa shape index (κ2) is 9.77. The summed E-state index contributed by atoms with van der Waals surface area (Å²) >= 11 is 5.87. The van der Waals surface area contributed by atoms with Crippen molar-refractivity contribution in [3.05, 3.63) is 64.9 Å². The molecule has 0 bridgehead atoms. The molecule has 1 heterocycles. The summed E-state index contributed by atoms with van der Waals surface area (Å²) in [4.78, 5) is 16.7. The van der Waals surface area contributed by atoms with E-state index >= 15 is 0 Å². The number of nitrogens with zero attached hydrogens (tertiary/aromatic N) is 2. The number of benzene rings is 2. The summed E-state index contributed by atoms with van der Waals surface area (Å²) in [7, 11) is 0. The van der Waals surface area contributed by atoms with E-state index in [4.69, 9.17) is 16.3 Å². The average molecular weight is 435 g/mol. The molecular formula is C23H28ClFN2O3. The van der Waals surface area contributed by atoms with Crippen molar-refractivity contribution >= 4 is 17.5 Å². The van der Waals surface area contributed by atoms with E-state index in [0.29, 0.717) is 43.4 Å². The van der Waals surface area contributed by atoms with Crippen molar-refractivity contribution in [3.63, 3.8) is 0 Å². The Morgan fingerprint density at radius 3 is 2.47 bits per heavy atom. The molecule has 1 saturated heterocycles. The van der Waals surface area contributed by atoms with E-state index in [1.165, 1.54) is 12.1 Å². The number of carbonyl (C=O) groups excluding carboxylic acids is 1. The number of piperazine rings is 1. The molecule has 162 valence electrons. The van der Waals surface area contributed by atoms with Crippen LogP contribution in [0.25, 0.3) is 0 Å². The van der Waals surface area contributed by atoms with E-state index in [9.17, 15) is 14.3 Å². The van der Waals surface area contributed by atoms with E-state index in [1.807, 2.05) is 0 Å². The van der Waals surface area contributed by atoms with E-state index in [0.717, 1.165) is 5.56 Å². The van der Waals surface area contributed by atoms with Crippen LogP contribution in [0.5, 0.6) is 5.75 Å². The van der Waals surface area contributed by atoms with Crippen LogP contribution in [-0.4, -0.2) is 58.7 Å². The number of rotatable bonds is 7. The fourth-order valence-corrected chi connectivity index (χ4v) is 3.82. The zero-order valence-electron chi connectivity index (χ0n) is 17.4. The summed E-state index contributed by atoms with van der Waals surface area (Å²) in [5, 5.41) is 11.0. The molecule has 1 N–H and O–H groups in total. The van der Waals surface area contributed by atoms with Crippen molar-refractivity contribution in [1.82, 2.24) is 9.80 Å². The zero-order chi connectivity index (χ0) is 21.7. The van der Waals surface area contributed by atoms with Crippen LogP contribution < -0.4 is 4.74 Å². The molecule has 0 spiro atoms. The summed E-state index contributed by atoms with van der Waals surface area (Å²) in [6.45, 7) is 5.89. The Bertz CT molecular complexity index is 837. The molecule has 1 fully saturated rings. The van der Waals surface area contributed by atoms with E-state index < -0.39 is 5.60 Å². The van der Waals surface area contributed by atoms with Gasteiger partial charge in [-0.05, 0) is 62.2 Å². The lowest BCUT2D eigenvalue weighted by molar-refractivity contribution is -0.137. The molecule has 0 aromatic heterocycles. The van der Waals surface area contributed by atoms with Gasteiger partial charge in [0.2, 0.25) is 0 Å². The van der Waals surface area contributed by atoms with Crippen LogP contribution >= 0.6 is 11.6 Å². The van der Waals surface area contributed by atoms with Crippen molar-refractivity contribution < 1.29 is 19.0 Å². The summed E-state index contributed by atoms with van der Waals surface area (Å²) < 4.78 is 18.8. The molecule has 0 aliphatic carbocycles. The normalized spacial score (nSPS) is 17.8. The predicted molar refractivity (Wildman–Crippen MR) is 115 cm³/mol. The molecule has 0 radical (unpaired) electrons. The lowest BCUT2D eigenvalue weighted by Gasteiger charge is -2.43. The van der Waals surface area contributed by atoms with Gasteiger partial charge in [-0.25, -0.2) is 4.39 Å². The third-order valence-electron chi connectivity index (χ3n) is 5.17. The van der Waals surface area contributed by atoms with Crippen molar-refractivity contribution in [3.8, 4) is 5.75 Å². The minimum absolute atomic E-state index is 0.0108. The highest BCUT2D eigenvalue weighted by Gasteiger charge is 2.33. The third kappa shape index (κ3) is 6.69. The Morgan fingerprint density at radius 1 is 1.17 bits per heavy atom. The number of ether oxygens (including phenoxy) is 1. The standard InChI is InChI=1S/C23H28ClFN2O3/c1-23(2,29)13-20-15-27(22(28)16-30-21-9-5-18(24)6-10-21)12-11-26(20)14-17-3-7-19(25)8-4-17/h3-10,20,29H,11-16H2,1-2H3. The van der Waals surface area contributed by atoms with Gasteiger partial charge in [-0.3, -0.25) is 9.69 Å². The average Bonchev–Trinajstić information content (AvgIpc) is 2.69. The van der Waals surface area contributed by atoms with Crippen molar-refractivity contribution in [1.29, 1.82) is 0 Å². The quantitative estimate of drug-likeness (QED) is 0.721. The Kier molecular flexibility index (Phi) is 7.34. The van der Waals surface area contributed by atoms with Gasteiger partial charge >= 0.3 is 0 Å². The van der Waals surface area contributed by atoms with Crippen LogP contribution in [0.3, 0.4) is 0 Å². The van der Waals surface area contributed by atoms with Gasteiger partial charge in [-0.1, -0.05) is 23.7 Å². The molecule has 1 atom stereocenters. The molecule has 5 nitrogen and oxygen atoms in total. The van der Waals surface area contributed by atoms with Crippen LogP contribution in [0.2, 0.25) is 5.02 Å². The minimum Gasteiger partial charge on any atom is -0.484 e. The number of aliphatic hydroxyl groups is 1. The van der Waals surface area contributed by atoms with Crippen LogP contribution in [-0.2, 0) is 11.3 Å². The molecule has 1 unspecified atom stereocenters. The highest BCUT2D eigenvalue weighted by Crippen LogP contribution is 2.23. The largest absolute Gasteiger partial charge is 0.484 e. The first kappa shape index (κ1) is 22.5. The first-order chi connectivity index (χ1) is 14.2. The number of hydrogen-bond acceptors (Lipinski definition) is 4. The monoisotopic (exact) mass is 434 g/mol. The zero-order valence-corrected chi connectivity index (χ0v) is 18.1. The SMILES string of the molecule is CC(C)(O)CC1CN(C(=O)COc2ccc(Cl)cc2)CCN1Cc1ccc(F)cc1. The Labute approximate surface area is 182 Å². The summed E-state index contributed by atoms with van der Waals surface area (Å²) in [5.41, 5.74) is 0.139. The van der Waals surface area contributed by atoms with E-state index in [2.05, 4.69) is 4.90 Å². The fraction of sp³-hybridized carbons (Fsp3) is 0.435. The van der Waals surface area contributed by atoms with Crippen molar-refractivity contribution in [2.45, 2.75) is 38.5 Å². The smallest absolute Gasteiger partial charge is 0.260 e. The van der Waals surface area contributed by atoms with Gasteiger partial charge in [-0.15, -0.1) is 0 Å². The molecule has 1 aliphatic heterocycles. The second-order valence-corrected chi connectivity index (χ2v) is 8.79. The fourth-order valence-electron chi connectivity index (χ4n) is 3.69. The van der Waals surface area contributed by atoms with Crippen LogP contribution in [0.4, 0.5) is 4.39 Å². The van der Waals surface area contributed by atoms with Crippen LogP contribution in [0.1, 0.15) is 25.8 Å². The molecule has 3 rings (SSSR count). The summed E-state index contributed by atoms with van der Waals surface area (Å²) in [6.07, 6.45) is 0.524. The maximum absolute atomic E-state index is 13.2.